The van der Waals surface area contributed by atoms with E-state index >= 15 is 0 Å². The van der Waals surface area contributed by atoms with Crippen molar-refractivity contribution >= 4 is 11.6 Å². The maximum absolute atomic E-state index is 12.3. The van der Waals surface area contributed by atoms with E-state index in [4.69, 9.17) is 0 Å². The van der Waals surface area contributed by atoms with Crippen LogP contribution in [0.25, 0.3) is 0 Å². The molecule has 0 aromatic heterocycles. The first kappa shape index (κ1) is 11.7. The van der Waals surface area contributed by atoms with Gasteiger partial charge >= 0.3 is 0 Å². The van der Waals surface area contributed by atoms with Crippen molar-refractivity contribution in [2.45, 2.75) is 38.6 Å². The average Bonchev–Trinajstić information content (AvgIpc) is 2.97. The van der Waals surface area contributed by atoms with Gasteiger partial charge in [-0.2, -0.15) is 0 Å². The van der Waals surface area contributed by atoms with Crippen LogP contribution in [0.1, 0.15) is 30.9 Å². The first-order valence-electron chi connectivity index (χ1n) is 6.96. The second-order valence-corrected chi connectivity index (χ2v) is 5.20. The Morgan fingerprint density at radius 2 is 2.17 bits per heavy atom. The Balaban J connectivity index is 1.81. The molecule has 1 aliphatic carbocycles. The molecule has 0 bridgehead atoms. The molecule has 1 saturated heterocycles. The molecule has 1 N–H and O–H groups in total. The molecule has 1 atom stereocenters. The van der Waals surface area contributed by atoms with Crippen molar-refractivity contribution in [3.05, 3.63) is 29.3 Å². The summed E-state index contributed by atoms with van der Waals surface area (Å²) in [6, 6.07) is 6.54. The quantitative estimate of drug-likeness (QED) is 0.880. The van der Waals surface area contributed by atoms with Crippen LogP contribution in [0.4, 0.5) is 5.69 Å². The van der Waals surface area contributed by atoms with E-state index < -0.39 is 0 Å². The van der Waals surface area contributed by atoms with Gasteiger partial charge in [0.15, 0.2) is 0 Å². The van der Waals surface area contributed by atoms with Crippen molar-refractivity contribution < 1.29 is 4.79 Å². The molecule has 0 spiro atoms. The van der Waals surface area contributed by atoms with Gasteiger partial charge in [-0.25, -0.2) is 0 Å². The molecule has 0 radical (unpaired) electrons. The zero-order chi connectivity index (χ0) is 12.5. The van der Waals surface area contributed by atoms with E-state index in [9.17, 15) is 4.79 Å². The number of hydrogen-bond donors (Lipinski definition) is 1. The highest BCUT2D eigenvalue weighted by atomic mass is 16.2. The van der Waals surface area contributed by atoms with E-state index in [-0.39, 0.29) is 11.9 Å². The second kappa shape index (κ2) is 4.73. The van der Waals surface area contributed by atoms with Crippen LogP contribution >= 0.6 is 0 Å². The number of anilines is 1. The lowest BCUT2D eigenvalue weighted by molar-refractivity contribution is -0.118. The molecule has 1 aromatic carbocycles. The van der Waals surface area contributed by atoms with Gasteiger partial charge in [-0.15, -0.1) is 0 Å². The lowest BCUT2D eigenvalue weighted by Crippen LogP contribution is -2.38. The summed E-state index contributed by atoms with van der Waals surface area (Å²) in [6.07, 6.45) is 4.54. The monoisotopic (exact) mass is 244 g/mol. The van der Waals surface area contributed by atoms with Crippen LogP contribution in [-0.2, 0) is 17.6 Å². The number of likely N-dealkylation sites (N-methyl/N-ethyl adjacent to an activating group) is 1. The lowest BCUT2D eigenvalue weighted by atomic mass is 10.1. The van der Waals surface area contributed by atoms with Crippen molar-refractivity contribution in [3.63, 3.8) is 0 Å². The molecular weight excluding hydrogens is 224 g/mol. The zero-order valence-electron chi connectivity index (χ0n) is 10.9. The largest absolute Gasteiger partial charge is 0.311 e. The van der Waals surface area contributed by atoms with E-state index in [0.29, 0.717) is 0 Å². The fourth-order valence-electron chi connectivity index (χ4n) is 3.10. The molecule has 1 aromatic rings. The Morgan fingerprint density at radius 3 is 3.00 bits per heavy atom. The third-order valence-electron chi connectivity index (χ3n) is 4.05. The van der Waals surface area contributed by atoms with Gasteiger partial charge in [0.25, 0.3) is 0 Å². The molecule has 2 aliphatic rings. The molecule has 3 nitrogen and oxygen atoms in total. The maximum Gasteiger partial charge on any atom is 0.244 e. The Labute approximate surface area is 108 Å². The summed E-state index contributed by atoms with van der Waals surface area (Å²) in [5.74, 6) is 0.231. The zero-order valence-corrected chi connectivity index (χ0v) is 10.9. The van der Waals surface area contributed by atoms with Crippen molar-refractivity contribution in [2.75, 3.05) is 18.0 Å². The van der Waals surface area contributed by atoms with Gasteiger partial charge in [0.2, 0.25) is 5.91 Å². The summed E-state index contributed by atoms with van der Waals surface area (Å²) < 4.78 is 0. The van der Waals surface area contributed by atoms with Crippen molar-refractivity contribution in [3.8, 4) is 0 Å². The number of nitrogens with zero attached hydrogens (tertiary/aromatic N) is 1. The van der Waals surface area contributed by atoms with Crippen LogP contribution in [0.15, 0.2) is 18.2 Å². The molecule has 1 aliphatic heterocycles. The normalized spacial score (nSPS) is 22.6. The smallest absolute Gasteiger partial charge is 0.244 e. The van der Waals surface area contributed by atoms with Gasteiger partial charge in [-0.3, -0.25) is 4.79 Å². The minimum absolute atomic E-state index is 0.0169. The number of amides is 1. The summed E-state index contributed by atoms with van der Waals surface area (Å²) in [5, 5.41) is 3.26. The molecule has 1 heterocycles. The number of carbonyl (C=O) groups is 1. The fraction of sp³-hybridized carbons (Fsp3) is 0.533. The SMILES string of the molecule is CCNC1CCN(c2ccc3c(c2)CCC3)C1=O. The summed E-state index contributed by atoms with van der Waals surface area (Å²) >= 11 is 0. The summed E-state index contributed by atoms with van der Waals surface area (Å²) in [6.45, 7) is 3.75. The molecule has 18 heavy (non-hydrogen) atoms. The third-order valence-corrected chi connectivity index (χ3v) is 4.05. The first-order chi connectivity index (χ1) is 8.79. The van der Waals surface area contributed by atoms with Gasteiger partial charge in [-0.05, 0) is 55.5 Å². The first-order valence-corrected chi connectivity index (χ1v) is 6.96. The van der Waals surface area contributed by atoms with E-state index in [0.717, 1.165) is 25.2 Å². The highest BCUT2D eigenvalue weighted by molar-refractivity contribution is 5.99. The van der Waals surface area contributed by atoms with E-state index in [1.165, 1.54) is 30.4 Å². The van der Waals surface area contributed by atoms with Crippen LogP contribution in [-0.4, -0.2) is 25.0 Å². The Morgan fingerprint density at radius 1 is 1.33 bits per heavy atom. The number of fused-ring (bicyclic) bond motifs is 1. The average molecular weight is 244 g/mol. The standard InChI is InChI=1S/C15H20N2O/c1-2-16-14-8-9-17(15(14)18)13-7-6-11-4-3-5-12(11)10-13/h6-7,10,14,16H,2-5,8-9H2,1H3. The van der Waals surface area contributed by atoms with Crippen LogP contribution in [0.2, 0.25) is 0 Å². The minimum atomic E-state index is 0.0169. The van der Waals surface area contributed by atoms with Gasteiger partial charge < -0.3 is 10.2 Å². The maximum atomic E-state index is 12.3. The predicted octanol–water partition coefficient (Wildman–Crippen LogP) is 1.89. The van der Waals surface area contributed by atoms with Crippen molar-refractivity contribution in [1.29, 1.82) is 0 Å². The van der Waals surface area contributed by atoms with E-state index in [1.807, 2.05) is 11.8 Å². The number of nitrogens with one attached hydrogen (secondary N) is 1. The van der Waals surface area contributed by atoms with Crippen molar-refractivity contribution in [2.24, 2.45) is 0 Å². The fourth-order valence-corrected chi connectivity index (χ4v) is 3.10. The second-order valence-electron chi connectivity index (χ2n) is 5.20. The van der Waals surface area contributed by atoms with Crippen LogP contribution in [0, 0.1) is 0 Å². The number of hydrogen-bond acceptors (Lipinski definition) is 2. The highest BCUT2D eigenvalue weighted by Crippen LogP contribution is 2.29. The number of rotatable bonds is 3. The Hall–Kier alpha value is -1.35. The van der Waals surface area contributed by atoms with Gasteiger partial charge in [0.1, 0.15) is 0 Å². The van der Waals surface area contributed by atoms with Crippen LogP contribution in [0.5, 0.6) is 0 Å². The highest BCUT2D eigenvalue weighted by Gasteiger charge is 2.32. The Bertz CT molecular complexity index is 470. The molecule has 1 unspecified atom stereocenters. The van der Waals surface area contributed by atoms with Crippen LogP contribution < -0.4 is 10.2 Å². The molecule has 3 heteroatoms. The molecule has 1 fully saturated rings. The number of carbonyl (C=O) groups excluding carboxylic acids is 1. The van der Waals surface area contributed by atoms with Crippen molar-refractivity contribution in [1.82, 2.24) is 5.32 Å². The topological polar surface area (TPSA) is 32.3 Å². The summed E-state index contributed by atoms with van der Waals surface area (Å²) in [4.78, 5) is 14.2. The Kier molecular flexibility index (Phi) is 3.08. The summed E-state index contributed by atoms with van der Waals surface area (Å²) in [7, 11) is 0. The number of benzene rings is 1. The van der Waals surface area contributed by atoms with Gasteiger partial charge in [0.05, 0.1) is 6.04 Å². The molecule has 3 rings (SSSR count). The number of aryl methyl sites for hydroxylation is 2. The molecule has 0 saturated carbocycles. The van der Waals surface area contributed by atoms with Gasteiger partial charge in [-0.1, -0.05) is 13.0 Å². The van der Waals surface area contributed by atoms with Crippen LogP contribution in [0.3, 0.4) is 0 Å². The molecular formula is C15H20N2O. The van der Waals surface area contributed by atoms with E-state index in [2.05, 4.69) is 23.5 Å². The van der Waals surface area contributed by atoms with E-state index in [1.54, 1.807) is 0 Å². The third kappa shape index (κ3) is 1.93. The summed E-state index contributed by atoms with van der Waals surface area (Å²) in [5.41, 5.74) is 3.99. The van der Waals surface area contributed by atoms with Gasteiger partial charge in [0, 0.05) is 12.2 Å². The molecule has 1 amide bonds. The predicted molar refractivity (Wildman–Crippen MR) is 72.9 cm³/mol. The minimum Gasteiger partial charge on any atom is -0.311 e. The molecule has 96 valence electrons. The lowest BCUT2D eigenvalue weighted by Gasteiger charge is -2.18.